The van der Waals surface area contributed by atoms with Gasteiger partial charge in [-0.05, 0) is 6.92 Å². The number of nitrogen functional groups attached to an aromatic ring is 1. The molecule has 2 aromatic heterocycles. The average molecular weight is 194 g/mol. The van der Waals surface area contributed by atoms with Crippen LogP contribution in [0.5, 0.6) is 0 Å². The molecule has 68 valence electrons. The van der Waals surface area contributed by atoms with Crippen LogP contribution in [-0.4, -0.2) is 14.8 Å². The molecule has 0 amide bonds. The van der Waals surface area contributed by atoms with Gasteiger partial charge in [-0.15, -0.1) is 11.3 Å². The monoisotopic (exact) mass is 194 g/mol. The minimum absolute atomic E-state index is 0.740. The molecule has 0 saturated carbocycles. The Morgan fingerprint density at radius 3 is 2.92 bits per heavy atom. The molecule has 0 saturated heterocycles. The van der Waals surface area contributed by atoms with Gasteiger partial charge in [-0.25, -0.2) is 0 Å². The molecular weight excluding hydrogens is 184 g/mol. The third-order valence-corrected chi connectivity index (χ3v) is 2.69. The number of rotatable bonds is 2. The van der Waals surface area contributed by atoms with E-state index in [1.807, 2.05) is 23.3 Å². The topological polar surface area (TPSA) is 56.7 Å². The molecule has 0 aliphatic heterocycles. The number of thiazole rings is 1. The molecular formula is C8H10N4S. The lowest BCUT2D eigenvalue weighted by Crippen LogP contribution is -2.02. The van der Waals surface area contributed by atoms with Gasteiger partial charge >= 0.3 is 0 Å². The van der Waals surface area contributed by atoms with Crippen LogP contribution in [0.3, 0.4) is 0 Å². The predicted octanol–water partition coefficient (Wildman–Crippen LogP) is 1.28. The molecule has 0 bridgehead atoms. The molecule has 0 unspecified atom stereocenters. The van der Waals surface area contributed by atoms with Crippen LogP contribution in [0.25, 0.3) is 0 Å². The lowest BCUT2D eigenvalue weighted by atomic mass is 10.4. The Kier molecular flexibility index (Phi) is 2.02. The van der Waals surface area contributed by atoms with E-state index in [9.17, 15) is 0 Å². The molecule has 2 aromatic rings. The number of anilines is 1. The summed E-state index contributed by atoms with van der Waals surface area (Å²) in [6.45, 7) is 2.72. The molecule has 0 aliphatic carbocycles. The van der Waals surface area contributed by atoms with E-state index in [1.165, 1.54) is 4.88 Å². The maximum Gasteiger partial charge on any atom is 0.0794 e. The van der Waals surface area contributed by atoms with E-state index in [1.54, 1.807) is 17.5 Å². The van der Waals surface area contributed by atoms with E-state index in [-0.39, 0.29) is 0 Å². The maximum atomic E-state index is 5.67. The average Bonchev–Trinajstić information content (AvgIpc) is 2.71. The van der Waals surface area contributed by atoms with E-state index in [4.69, 9.17) is 5.73 Å². The summed E-state index contributed by atoms with van der Waals surface area (Å²) in [7, 11) is 0. The third-order valence-electron chi connectivity index (χ3n) is 1.93. The number of aromatic nitrogens is 3. The Hall–Kier alpha value is -1.36. The zero-order valence-corrected chi connectivity index (χ0v) is 8.08. The van der Waals surface area contributed by atoms with Crippen LogP contribution >= 0.6 is 11.3 Å². The normalized spacial score (nSPS) is 10.5. The summed E-state index contributed by atoms with van der Waals surface area (Å²) >= 11 is 1.62. The first-order valence-electron chi connectivity index (χ1n) is 3.92. The molecule has 5 heteroatoms. The van der Waals surface area contributed by atoms with Gasteiger partial charge in [0, 0.05) is 11.1 Å². The van der Waals surface area contributed by atoms with E-state index in [2.05, 4.69) is 10.1 Å². The third kappa shape index (κ3) is 1.55. The van der Waals surface area contributed by atoms with Crippen molar-refractivity contribution >= 4 is 17.0 Å². The van der Waals surface area contributed by atoms with Crippen molar-refractivity contribution in [2.24, 2.45) is 0 Å². The summed E-state index contributed by atoms with van der Waals surface area (Å²) in [5.41, 5.74) is 9.24. The first-order valence-corrected chi connectivity index (χ1v) is 4.80. The zero-order chi connectivity index (χ0) is 9.26. The Morgan fingerprint density at radius 2 is 2.38 bits per heavy atom. The van der Waals surface area contributed by atoms with Crippen molar-refractivity contribution in [3.63, 3.8) is 0 Å². The molecule has 13 heavy (non-hydrogen) atoms. The van der Waals surface area contributed by atoms with Crippen LogP contribution in [0.4, 0.5) is 5.69 Å². The Balaban J connectivity index is 2.24. The van der Waals surface area contributed by atoms with Crippen LogP contribution in [0.2, 0.25) is 0 Å². The number of hydrogen-bond acceptors (Lipinski definition) is 4. The second-order valence-corrected chi connectivity index (χ2v) is 3.78. The first kappa shape index (κ1) is 8.25. The summed E-state index contributed by atoms with van der Waals surface area (Å²) in [5, 5.41) is 4.16. The second-order valence-electron chi connectivity index (χ2n) is 2.81. The minimum Gasteiger partial charge on any atom is -0.396 e. The predicted molar refractivity (Wildman–Crippen MR) is 52.6 cm³/mol. The smallest absolute Gasteiger partial charge is 0.0794 e. The van der Waals surface area contributed by atoms with Crippen molar-refractivity contribution in [3.8, 4) is 0 Å². The zero-order valence-electron chi connectivity index (χ0n) is 7.27. The second kappa shape index (κ2) is 3.18. The first-order chi connectivity index (χ1) is 6.27. The van der Waals surface area contributed by atoms with Crippen molar-refractivity contribution in [2.45, 2.75) is 13.5 Å². The van der Waals surface area contributed by atoms with Gasteiger partial charge in [0.15, 0.2) is 0 Å². The molecule has 0 aliphatic rings. The minimum atomic E-state index is 0.740. The highest BCUT2D eigenvalue weighted by molar-refractivity contribution is 7.09. The van der Waals surface area contributed by atoms with E-state index in [0.29, 0.717) is 0 Å². The van der Waals surface area contributed by atoms with E-state index in [0.717, 1.165) is 17.9 Å². The number of nitrogens with zero attached hydrogens (tertiary/aromatic N) is 3. The van der Waals surface area contributed by atoms with Crippen molar-refractivity contribution in [3.05, 3.63) is 28.5 Å². The quantitative estimate of drug-likeness (QED) is 0.783. The highest BCUT2D eigenvalue weighted by Crippen LogP contribution is 2.13. The number of nitrogens with two attached hydrogens (primary N) is 1. The summed E-state index contributed by atoms with van der Waals surface area (Å²) < 4.78 is 1.88. The molecule has 2 heterocycles. The molecule has 4 nitrogen and oxygen atoms in total. The van der Waals surface area contributed by atoms with Crippen LogP contribution in [0.1, 0.15) is 10.6 Å². The molecule has 0 spiro atoms. The van der Waals surface area contributed by atoms with Gasteiger partial charge in [0.05, 0.1) is 29.6 Å². The fourth-order valence-electron chi connectivity index (χ4n) is 1.09. The van der Waals surface area contributed by atoms with Gasteiger partial charge in [-0.1, -0.05) is 0 Å². The van der Waals surface area contributed by atoms with Gasteiger partial charge in [0.2, 0.25) is 0 Å². The maximum absolute atomic E-state index is 5.67. The van der Waals surface area contributed by atoms with Gasteiger partial charge in [0.1, 0.15) is 0 Å². The Labute approximate surface area is 80.0 Å². The molecule has 2 rings (SSSR count). The van der Waals surface area contributed by atoms with E-state index < -0.39 is 0 Å². The summed E-state index contributed by atoms with van der Waals surface area (Å²) in [4.78, 5) is 5.19. The molecule has 0 fully saturated rings. The fraction of sp³-hybridized carbons (Fsp3) is 0.250. The molecule has 2 N–H and O–H groups in total. The summed E-state index contributed by atoms with van der Waals surface area (Å²) in [6.07, 6.45) is 3.53. The highest BCUT2D eigenvalue weighted by atomic mass is 32.1. The van der Waals surface area contributed by atoms with Crippen LogP contribution in [0.15, 0.2) is 17.9 Å². The Bertz CT molecular complexity index is 390. The summed E-state index contributed by atoms with van der Waals surface area (Å²) in [5.74, 6) is 0. The standard InChI is InChI=1S/C8H10N4S/c1-6-8(9)3-11-12(6)4-7-2-10-5-13-7/h2-3,5H,4,9H2,1H3. The van der Waals surface area contributed by atoms with Gasteiger partial charge in [-0.2, -0.15) is 5.10 Å². The van der Waals surface area contributed by atoms with Crippen molar-refractivity contribution in [1.82, 2.24) is 14.8 Å². The molecule has 0 radical (unpaired) electrons. The SMILES string of the molecule is Cc1c(N)cnn1Cc1cncs1. The van der Waals surface area contributed by atoms with Gasteiger partial charge in [0.25, 0.3) is 0 Å². The van der Waals surface area contributed by atoms with Gasteiger partial charge in [-0.3, -0.25) is 9.67 Å². The van der Waals surface area contributed by atoms with Gasteiger partial charge < -0.3 is 5.73 Å². The lowest BCUT2D eigenvalue weighted by molar-refractivity contribution is 0.672. The van der Waals surface area contributed by atoms with Crippen LogP contribution < -0.4 is 5.73 Å². The lowest BCUT2D eigenvalue weighted by Gasteiger charge is -2.00. The Morgan fingerprint density at radius 1 is 1.54 bits per heavy atom. The van der Waals surface area contributed by atoms with Crippen LogP contribution in [0, 0.1) is 6.92 Å². The van der Waals surface area contributed by atoms with Crippen molar-refractivity contribution in [2.75, 3.05) is 5.73 Å². The van der Waals surface area contributed by atoms with Crippen LogP contribution in [-0.2, 0) is 6.54 Å². The van der Waals surface area contributed by atoms with Crippen molar-refractivity contribution in [1.29, 1.82) is 0 Å². The summed E-state index contributed by atoms with van der Waals surface area (Å²) in [6, 6.07) is 0. The van der Waals surface area contributed by atoms with Crippen molar-refractivity contribution < 1.29 is 0 Å². The fourth-order valence-corrected chi connectivity index (χ4v) is 1.66. The molecule has 0 atom stereocenters. The largest absolute Gasteiger partial charge is 0.396 e. The number of hydrogen-bond donors (Lipinski definition) is 1. The van der Waals surface area contributed by atoms with E-state index >= 15 is 0 Å². The highest BCUT2D eigenvalue weighted by Gasteiger charge is 2.03. The molecule has 0 aromatic carbocycles.